The molecular weight excluding hydrogens is 352 g/mol. The Morgan fingerprint density at radius 2 is 1.89 bits per heavy atom. The van der Waals surface area contributed by atoms with Crippen LogP contribution in [0.5, 0.6) is 11.5 Å². The third-order valence-corrected chi connectivity index (χ3v) is 4.37. The minimum absolute atomic E-state index is 0.0565. The molecule has 0 saturated heterocycles. The molecule has 0 bridgehead atoms. The van der Waals surface area contributed by atoms with Crippen LogP contribution in [-0.4, -0.2) is 23.7 Å². The molecule has 3 rings (SSSR count). The largest absolute Gasteiger partial charge is 0.478 e. The van der Waals surface area contributed by atoms with Gasteiger partial charge >= 0.3 is 11.9 Å². The minimum Gasteiger partial charge on any atom is -0.478 e. The molecule has 8 nitrogen and oxygen atoms in total. The Hall–Kier alpha value is -3.00. The van der Waals surface area contributed by atoms with E-state index in [0.29, 0.717) is 28.5 Å². The zero-order chi connectivity index (χ0) is 19.7. The Bertz CT molecular complexity index is 856. The number of para-hydroxylation sites is 1. The molecule has 1 aromatic carbocycles. The third kappa shape index (κ3) is 3.48. The summed E-state index contributed by atoms with van der Waals surface area (Å²) < 4.78 is 5.41. The molecule has 2 aliphatic heterocycles. The van der Waals surface area contributed by atoms with E-state index >= 15 is 0 Å². The van der Waals surface area contributed by atoms with Crippen molar-refractivity contribution in [2.75, 3.05) is 6.61 Å². The smallest absolute Gasteiger partial charge is 0.336 e. The molecule has 2 aliphatic rings. The number of carbonyl (C=O) groups excluding carboxylic acids is 1. The first-order valence-electron chi connectivity index (χ1n) is 8.61. The highest BCUT2D eigenvalue weighted by molar-refractivity contribution is 5.99. The SMILES string of the molecule is CC1=C(C(=O)O)C(c2cccc3c2ONO3)C(C(=O)OCC(C)C)=C(C)N1. The molecule has 1 atom stereocenters. The lowest BCUT2D eigenvalue weighted by Crippen LogP contribution is -2.32. The van der Waals surface area contributed by atoms with Gasteiger partial charge in [0.1, 0.15) is 0 Å². The number of aliphatic carboxylic acids is 1. The third-order valence-electron chi connectivity index (χ3n) is 4.37. The monoisotopic (exact) mass is 374 g/mol. The van der Waals surface area contributed by atoms with Crippen LogP contribution in [0.25, 0.3) is 0 Å². The molecule has 0 fully saturated rings. The van der Waals surface area contributed by atoms with E-state index in [1.165, 1.54) is 0 Å². The van der Waals surface area contributed by atoms with Crippen molar-refractivity contribution in [3.8, 4) is 11.5 Å². The van der Waals surface area contributed by atoms with Crippen LogP contribution < -0.4 is 20.6 Å². The predicted molar refractivity (Wildman–Crippen MR) is 95.5 cm³/mol. The van der Waals surface area contributed by atoms with Crippen LogP contribution in [0, 0.1) is 5.92 Å². The number of hydrogen-bond acceptors (Lipinski definition) is 7. The fourth-order valence-corrected chi connectivity index (χ4v) is 3.24. The standard InChI is InChI=1S/C19H22N2O6/c1-9(2)8-25-19(24)15-11(4)20-10(3)14(18(22)23)16(15)12-6-5-7-13-17(12)27-21-26-13/h5-7,9,16,20-21H,8H2,1-4H3,(H,22,23). The van der Waals surface area contributed by atoms with Crippen LogP contribution in [0.15, 0.2) is 40.7 Å². The van der Waals surface area contributed by atoms with Gasteiger partial charge in [-0.1, -0.05) is 26.0 Å². The van der Waals surface area contributed by atoms with Crippen molar-refractivity contribution in [1.29, 1.82) is 0 Å². The molecule has 144 valence electrons. The van der Waals surface area contributed by atoms with E-state index in [0.717, 1.165) is 0 Å². The van der Waals surface area contributed by atoms with E-state index < -0.39 is 17.9 Å². The first-order valence-corrected chi connectivity index (χ1v) is 8.61. The van der Waals surface area contributed by atoms with E-state index in [2.05, 4.69) is 11.0 Å². The zero-order valence-electron chi connectivity index (χ0n) is 15.6. The molecule has 0 radical (unpaired) electrons. The van der Waals surface area contributed by atoms with Gasteiger partial charge in [-0.25, -0.2) is 9.59 Å². The van der Waals surface area contributed by atoms with E-state index in [9.17, 15) is 14.7 Å². The number of carboxylic acids is 1. The summed E-state index contributed by atoms with van der Waals surface area (Å²) in [6, 6.07) is 5.11. The second-order valence-electron chi connectivity index (χ2n) is 6.89. The van der Waals surface area contributed by atoms with Crippen molar-refractivity contribution < 1.29 is 29.1 Å². The fourth-order valence-electron chi connectivity index (χ4n) is 3.24. The lowest BCUT2D eigenvalue weighted by atomic mass is 9.80. The summed E-state index contributed by atoms with van der Waals surface area (Å²) in [5.74, 6) is -1.63. The molecule has 2 heterocycles. The van der Waals surface area contributed by atoms with E-state index in [-0.39, 0.29) is 23.7 Å². The number of fused-ring (bicyclic) bond motifs is 1. The van der Waals surface area contributed by atoms with Gasteiger partial charge in [0.2, 0.25) is 0 Å². The Morgan fingerprint density at radius 1 is 1.19 bits per heavy atom. The molecule has 0 amide bonds. The summed E-state index contributed by atoms with van der Waals surface area (Å²) in [7, 11) is 0. The van der Waals surface area contributed by atoms with E-state index in [4.69, 9.17) is 14.4 Å². The number of dihydropyridines is 1. The number of benzene rings is 1. The average Bonchev–Trinajstić information content (AvgIpc) is 3.07. The molecular formula is C19H22N2O6. The van der Waals surface area contributed by atoms with Crippen LogP contribution in [0.2, 0.25) is 0 Å². The van der Waals surface area contributed by atoms with Crippen molar-refractivity contribution in [1.82, 2.24) is 11.0 Å². The number of rotatable bonds is 5. The number of ether oxygens (including phenoxy) is 1. The summed E-state index contributed by atoms with van der Waals surface area (Å²) in [4.78, 5) is 35.4. The van der Waals surface area contributed by atoms with Gasteiger partial charge in [-0.3, -0.25) is 0 Å². The first-order chi connectivity index (χ1) is 12.8. The van der Waals surface area contributed by atoms with Crippen molar-refractivity contribution >= 4 is 11.9 Å². The highest BCUT2D eigenvalue weighted by atomic mass is 16.9. The number of allylic oxidation sites excluding steroid dienone is 2. The molecule has 0 spiro atoms. The average molecular weight is 374 g/mol. The fraction of sp³-hybridized carbons (Fsp3) is 0.368. The van der Waals surface area contributed by atoms with Crippen LogP contribution in [0.3, 0.4) is 0 Å². The van der Waals surface area contributed by atoms with Gasteiger partial charge in [-0.15, -0.1) is 0 Å². The quantitative estimate of drug-likeness (QED) is 0.675. The van der Waals surface area contributed by atoms with E-state index in [1.54, 1.807) is 32.0 Å². The molecule has 0 saturated carbocycles. The van der Waals surface area contributed by atoms with Gasteiger partial charge in [0.15, 0.2) is 11.5 Å². The maximum atomic E-state index is 12.8. The van der Waals surface area contributed by atoms with Crippen LogP contribution in [0.1, 0.15) is 39.2 Å². The van der Waals surface area contributed by atoms with Gasteiger partial charge in [0.05, 0.1) is 23.7 Å². The van der Waals surface area contributed by atoms with Crippen LogP contribution in [0.4, 0.5) is 0 Å². The number of hydrogen-bond donors (Lipinski definition) is 3. The zero-order valence-corrected chi connectivity index (χ0v) is 15.6. The summed E-state index contributed by atoms with van der Waals surface area (Å²) in [5, 5.41) is 12.8. The van der Waals surface area contributed by atoms with Crippen molar-refractivity contribution in [2.45, 2.75) is 33.6 Å². The maximum absolute atomic E-state index is 12.8. The van der Waals surface area contributed by atoms with Crippen molar-refractivity contribution in [3.05, 3.63) is 46.3 Å². The first kappa shape index (κ1) is 18.8. The number of carbonyl (C=O) groups is 2. The van der Waals surface area contributed by atoms with Gasteiger partial charge < -0.3 is 24.8 Å². The Kier molecular flexibility index (Phi) is 5.09. The Morgan fingerprint density at radius 3 is 2.56 bits per heavy atom. The highest BCUT2D eigenvalue weighted by Gasteiger charge is 2.40. The van der Waals surface area contributed by atoms with Gasteiger partial charge in [-0.2, -0.15) is 0 Å². The van der Waals surface area contributed by atoms with Crippen LogP contribution >= 0.6 is 0 Å². The van der Waals surface area contributed by atoms with Crippen molar-refractivity contribution in [2.24, 2.45) is 5.92 Å². The molecule has 27 heavy (non-hydrogen) atoms. The minimum atomic E-state index is -1.13. The Labute approximate surface area is 156 Å². The molecule has 1 unspecified atom stereocenters. The van der Waals surface area contributed by atoms with Crippen molar-refractivity contribution in [3.63, 3.8) is 0 Å². The molecule has 0 aromatic heterocycles. The number of carboxylic acid groups (broad SMARTS) is 1. The maximum Gasteiger partial charge on any atom is 0.336 e. The lowest BCUT2D eigenvalue weighted by molar-refractivity contribution is -0.140. The summed E-state index contributed by atoms with van der Waals surface area (Å²) in [6.45, 7) is 7.48. The Balaban J connectivity index is 2.13. The van der Waals surface area contributed by atoms with Gasteiger partial charge in [-0.05, 0) is 25.8 Å². The second kappa shape index (κ2) is 7.32. The normalized spacial score (nSPS) is 18.6. The summed E-state index contributed by atoms with van der Waals surface area (Å²) in [6.07, 6.45) is 0. The number of esters is 1. The second-order valence-corrected chi connectivity index (χ2v) is 6.89. The summed E-state index contributed by atoms with van der Waals surface area (Å²) in [5.41, 5.74) is 4.10. The lowest BCUT2D eigenvalue weighted by Gasteiger charge is -2.30. The molecule has 3 N–H and O–H groups in total. The van der Waals surface area contributed by atoms with Crippen LogP contribution in [-0.2, 0) is 14.3 Å². The molecule has 0 aliphatic carbocycles. The highest BCUT2D eigenvalue weighted by Crippen LogP contribution is 2.46. The molecule has 8 heteroatoms. The topological polar surface area (TPSA) is 106 Å². The van der Waals surface area contributed by atoms with E-state index in [1.807, 2.05) is 13.8 Å². The molecule has 1 aromatic rings. The van der Waals surface area contributed by atoms with Gasteiger partial charge in [0, 0.05) is 22.6 Å². The predicted octanol–water partition coefficient (Wildman–Crippen LogP) is 2.40. The van der Waals surface area contributed by atoms with Gasteiger partial charge in [0.25, 0.3) is 0 Å². The summed E-state index contributed by atoms with van der Waals surface area (Å²) >= 11 is 0. The number of nitrogens with one attached hydrogen (secondary N) is 2.